The molecule has 2 rings (SSSR count). The summed E-state index contributed by atoms with van der Waals surface area (Å²) in [6, 6.07) is 18.2. The molecule has 0 aliphatic rings. The van der Waals surface area contributed by atoms with Crippen LogP contribution >= 0.6 is 0 Å². The number of nitro groups is 1. The molecule has 0 N–H and O–H groups in total. The summed E-state index contributed by atoms with van der Waals surface area (Å²) in [5, 5.41) is 10.8. The molecule has 0 bridgehead atoms. The van der Waals surface area contributed by atoms with Crippen molar-refractivity contribution in [2.45, 2.75) is 45.7 Å². The number of nitrogens with zero attached hydrogens (tertiary/aromatic N) is 2. The van der Waals surface area contributed by atoms with Crippen molar-refractivity contribution >= 4 is 5.69 Å². The number of hydrogen-bond donors (Lipinski definition) is 0. The zero-order valence-corrected chi connectivity index (χ0v) is 14.7. The third kappa shape index (κ3) is 4.65. The molecular weight excluding hydrogens is 300 g/mol. The van der Waals surface area contributed by atoms with Crippen LogP contribution in [-0.2, 0) is 6.42 Å². The van der Waals surface area contributed by atoms with E-state index in [1.54, 1.807) is 12.1 Å². The maximum Gasteiger partial charge on any atom is 0.269 e. The SMILES string of the molecule is CCCN(C(C)Cc1ccc([N+](=O)[O-])cc1)C(C)c1ccccc1. The van der Waals surface area contributed by atoms with E-state index in [4.69, 9.17) is 0 Å². The van der Waals surface area contributed by atoms with Gasteiger partial charge in [-0.3, -0.25) is 15.0 Å². The van der Waals surface area contributed by atoms with Crippen molar-refractivity contribution in [3.8, 4) is 0 Å². The molecule has 4 heteroatoms. The van der Waals surface area contributed by atoms with Crippen molar-refractivity contribution in [1.29, 1.82) is 0 Å². The Labute approximate surface area is 144 Å². The van der Waals surface area contributed by atoms with Crippen LogP contribution in [0.5, 0.6) is 0 Å². The Bertz CT molecular complexity index is 640. The van der Waals surface area contributed by atoms with Gasteiger partial charge in [0.05, 0.1) is 4.92 Å². The summed E-state index contributed by atoms with van der Waals surface area (Å²) in [5.74, 6) is 0. The van der Waals surface area contributed by atoms with Gasteiger partial charge in [-0.2, -0.15) is 0 Å². The van der Waals surface area contributed by atoms with Crippen molar-refractivity contribution in [3.05, 3.63) is 75.8 Å². The van der Waals surface area contributed by atoms with Gasteiger partial charge in [0.1, 0.15) is 0 Å². The van der Waals surface area contributed by atoms with Crippen LogP contribution in [0.25, 0.3) is 0 Å². The molecule has 128 valence electrons. The minimum absolute atomic E-state index is 0.148. The van der Waals surface area contributed by atoms with Crippen LogP contribution in [0.3, 0.4) is 0 Å². The second kappa shape index (κ2) is 8.60. The first kappa shape index (κ1) is 18.1. The lowest BCUT2D eigenvalue weighted by Crippen LogP contribution is -2.37. The van der Waals surface area contributed by atoms with Crippen LogP contribution < -0.4 is 0 Å². The molecule has 0 aliphatic heterocycles. The topological polar surface area (TPSA) is 46.4 Å². The van der Waals surface area contributed by atoms with E-state index in [9.17, 15) is 10.1 Å². The summed E-state index contributed by atoms with van der Waals surface area (Å²) in [6.45, 7) is 7.71. The monoisotopic (exact) mass is 326 g/mol. The van der Waals surface area contributed by atoms with E-state index in [0.717, 1.165) is 24.9 Å². The molecular formula is C20H26N2O2. The largest absolute Gasteiger partial charge is 0.294 e. The molecule has 0 aromatic heterocycles. The molecule has 0 aliphatic carbocycles. The second-order valence-corrected chi connectivity index (χ2v) is 6.30. The van der Waals surface area contributed by atoms with E-state index in [1.165, 1.54) is 5.56 Å². The van der Waals surface area contributed by atoms with Crippen molar-refractivity contribution in [3.63, 3.8) is 0 Å². The highest BCUT2D eigenvalue weighted by atomic mass is 16.6. The fourth-order valence-corrected chi connectivity index (χ4v) is 3.19. The zero-order chi connectivity index (χ0) is 17.5. The quantitative estimate of drug-likeness (QED) is 0.506. The van der Waals surface area contributed by atoms with Gasteiger partial charge in [0.15, 0.2) is 0 Å². The van der Waals surface area contributed by atoms with E-state index in [-0.39, 0.29) is 10.6 Å². The molecule has 0 saturated heterocycles. The van der Waals surface area contributed by atoms with Crippen LogP contribution in [-0.4, -0.2) is 22.4 Å². The van der Waals surface area contributed by atoms with Gasteiger partial charge in [-0.1, -0.05) is 49.4 Å². The van der Waals surface area contributed by atoms with E-state index in [2.05, 4.69) is 49.9 Å². The Morgan fingerprint density at radius 2 is 1.67 bits per heavy atom. The van der Waals surface area contributed by atoms with Crippen LogP contribution in [0.4, 0.5) is 5.69 Å². The molecule has 0 fully saturated rings. The Kier molecular flexibility index (Phi) is 6.50. The average molecular weight is 326 g/mol. The van der Waals surface area contributed by atoms with Crippen LogP contribution in [0, 0.1) is 10.1 Å². The first-order valence-corrected chi connectivity index (χ1v) is 8.57. The number of benzene rings is 2. The highest BCUT2D eigenvalue weighted by Gasteiger charge is 2.21. The number of non-ortho nitro benzene ring substituents is 1. The lowest BCUT2D eigenvalue weighted by molar-refractivity contribution is -0.384. The lowest BCUT2D eigenvalue weighted by atomic mass is 10.0. The van der Waals surface area contributed by atoms with E-state index >= 15 is 0 Å². The maximum atomic E-state index is 10.8. The second-order valence-electron chi connectivity index (χ2n) is 6.30. The summed E-state index contributed by atoms with van der Waals surface area (Å²) in [4.78, 5) is 12.9. The summed E-state index contributed by atoms with van der Waals surface area (Å²) in [7, 11) is 0. The Hall–Kier alpha value is -2.20. The normalized spacial score (nSPS) is 13.7. The maximum absolute atomic E-state index is 10.8. The third-order valence-corrected chi connectivity index (χ3v) is 4.51. The Balaban J connectivity index is 2.10. The minimum atomic E-state index is -0.353. The summed E-state index contributed by atoms with van der Waals surface area (Å²) >= 11 is 0. The van der Waals surface area contributed by atoms with Crippen molar-refractivity contribution < 1.29 is 4.92 Å². The Morgan fingerprint density at radius 1 is 1.04 bits per heavy atom. The lowest BCUT2D eigenvalue weighted by Gasteiger charge is -2.35. The predicted octanol–water partition coefficient (Wildman–Crippen LogP) is 5.00. The molecule has 2 atom stereocenters. The standard InChI is InChI=1S/C20H26N2O2/c1-4-14-21(17(3)19-8-6-5-7-9-19)16(2)15-18-10-12-20(13-11-18)22(23)24/h5-13,16-17H,4,14-15H2,1-3H3. The van der Waals surface area contributed by atoms with Gasteiger partial charge in [-0.15, -0.1) is 0 Å². The van der Waals surface area contributed by atoms with Crippen molar-refractivity contribution in [2.75, 3.05) is 6.54 Å². The summed E-state index contributed by atoms with van der Waals surface area (Å²) < 4.78 is 0. The first-order chi connectivity index (χ1) is 11.5. The van der Waals surface area contributed by atoms with E-state index in [0.29, 0.717) is 12.1 Å². The molecule has 0 spiro atoms. The number of nitro benzene ring substituents is 1. The van der Waals surface area contributed by atoms with E-state index in [1.807, 2.05) is 18.2 Å². The third-order valence-electron chi connectivity index (χ3n) is 4.51. The smallest absolute Gasteiger partial charge is 0.269 e. The molecule has 0 amide bonds. The fourth-order valence-electron chi connectivity index (χ4n) is 3.19. The van der Waals surface area contributed by atoms with Gasteiger partial charge in [0.2, 0.25) is 0 Å². The highest BCUT2D eigenvalue weighted by Crippen LogP contribution is 2.24. The van der Waals surface area contributed by atoms with Crippen LogP contribution in [0.2, 0.25) is 0 Å². The molecule has 0 saturated carbocycles. The van der Waals surface area contributed by atoms with Gasteiger partial charge in [0.25, 0.3) is 5.69 Å². The van der Waals surface area contributed by atoms with Crippen LogP contribution in [0.1, 0.15) is 44.4 Å². The van der Waals surface area contributed by atoms with Gasteiger partial charge < -0.3 is 0 Å². The van der Waals surface area contributed by atoms with Gasteiger partial charge >= 0.3 is 0 Å². The number of rotatable bonds is 8. The summed E-state index contributed by atoms with van der Waals surface area (Å²) in [6.07, 6.45) is 1.98. The Morgan fingerprint density at radius 3 is 2.21 bits per heavy atom. The average Bonchev–Trinajstić information content (AvgIpc) is 2.60. The van der Waals surface area contributed by atoms with Gasteiger partial charge in [0, 0.05) is 24.2 Å². The molecule has 24 heavy (non-hydrogen) atoms. The first-order valence-electron chi connectivity index (χ1n) is 8.57. The van der Waals surface area contributed by atoms with Crippen LogP contribution in [0.15, 0.2) is 54.6 Å². The van der Waals surface area contributed by atoms with Crippen molar-refractivity contribution in [2.24, 2.45) is 0 Å². The minimum Gasteiger partial charge on any atom is -0.294 e. The van der Waals surface area contributed by atoms with E-state index < -0.39 is 0 Å². The fraction of sp³-hybridized carbons (Fsp3) is 0.400. The molecule has 2 aromatic carbocycles. The molecule has 2 unspecified atom stereocenters. The zero-order valence-electron chi connectivity index (χ0n) is 14.7. The highest BCUT2D eigenvalue weighted by molar-refractivity contribution is 5.33. The van der Waals surface area contributed by atoms with Gasteiger partial charge in [-0.05, 0) is 44.4 Å². The summed E-state index contributed by atoms with van der Waals surface area (Å²) in [5.41, 5.74) is 2.60. The molecule has 0 heterocycles. The predicted molar refractivity (Wildman–Crippen MR) is 98.1 cm³/mol. The van der Waals surface area contributed by atoms with Crippen molar-refractivity contribution in [1.82, 2.24) is 4.90 Å². The molecule has 2 aromatic rings. The number of hydrogen-bond acceptors (Lipinski definition) is 3. The van der Waals surface area contributed by atoms with Gasteiger partial charge in [-0.25, -0.2) is 0 Å². The molecule has 4 nitrogen and oxygen atoms in total. The molecule has 0 radical (unpaired) electrons.